The molecule has 4 aromatic carbocycles. The molecule has 292 valence electrons. The van der Waals surface area contributed by atoms with Crippen molar-refractivity contribution in [3.05, 3.63) is 127 Å². The Balaban J connectivity index is 0.000000297. The van der Waals surface area contributed by atoms with E-state index in [2.05, 4.69) is 0 Å². The minimum atomic E-state index is -1.78. The molecule has 0 N–H and O–H groups in total. The Morgan fingerprint density at radius 1 is 0.655 bits per heavy atom. The largest absolute Gasteiger partial charge is 0.496 e. The molecule has 9 nitrogen and oxygen atoms in total. The van der Waals surface area contributed by atoms with Crippen molar-refractivity contribution in [2.24, 2.45) is 5.92 Å². The van der Waals surface area contributed by atoms with Gasteiger partial charge in [0.2, 0.25) is 0 Å². The quantitative estimate of drug-likeness (QED) is 0.0504. The molecule has 1 unspecified atom stereocenters. The summed E-state index contributed by atoms with van der Waals surface area (Å²) in [7, 11) is 2.64. The molecule has 1 atom stereocenters. The maximum atomic E-state index is 14.6. The summed E-state index contributed by atoms with van der Waals surface area (Å²) in [6.07, 6.45) is -0.599. The molecule has 0 aromatic heterocycles. The number of Topliss-reactive ketones (excluding diaryl/α,β-unsaturated/α-hetero) is 3. The smallest absolute Gasteiger partial charge is 0.324 e. The van der Waals surface area contributed by atoms with Crippen LogP contribution in [0.25, 0.3) is 0 Å². The number of methoxy groups -OCH3 is 2. The molecule has 15 heteroatoms. The van der Waals surface area contributed by atoms with Crippen LogP contribution in [0.15, 0.2) is 60.7 Å². The third-order valence-corrected chi connectivity index (χ3v) is 8.52. The van der Waals surface area contributed by atoms with Gasteiger partial charge in [-0.2, -0.15) is 0 Å². The van der Waals surface area contributed by atoms with Crippen LogP contribution in [0.2, 0.25) is 10.0 Å². The summed E-state index contributed by atoms with van der Waals surface area (Å²) in [6.45, 7) is 4.25. The van der Waals surface area contributed by atoms with Gasteiger partial charge < -0.3 is 18.9 Å². The van der Waals surface area contributed by atoms with Crippen molar-refractivity contribution in [1.29, 1.82) is 0 Å². The van der Waals surface area contributed by atoms with Crippen molar-refractivity contribution in [1.82, 2.24) is 0 Å². The van der Waals surface area contributed by atoms with E-state index in [1.54, 1.807) is 19.1 Å². The molecule has 0 aliphatic heterocycles. The summed E-state index contributed by atoms with van der Waals surface area (Å²) >= 11 is 11.6. The standard InChI is InChI=1S/C21H19ClF2O5.C19H17ClF2O4/c1-4-29-21(27)18(11(2)25)20(26)14-9-13(17(28-3)10-16(14)23)8-12-6-5-7-15(22)19(12)24;1-3-26-18(24)10-16(23)13-8-12(17(25-2)9-15(13)21)7-11-5-4-6-14(20)19(11)22/h5-7,9-10,18H,4,8H2,1-3H3;4-6,8-9H,3,7,10H2,1-2H3. The van der Waals surface area contributed by atoms with Gasteiger partial charge in [0, 0.05) is 25.0 Å². The highest BCUT2D eigenvalue weighted by atomic mass is 35.5. The van der Waals surface area contributed by atoms with E-state index >= 15 is 0 Å². The minimum absolute atomic E-state index is 0.0372. The summed E-state index contributed by atoms with van der Waals surface area (Å²) in [5.41, 5.74) is 0.375. The third kappa shape index (κ3) is 11.4. The predicted molar refractivity (Wildman–Crippen MR) is 195 cm³/mol. The van der Waals surface area contributed by atoms with Gasteiger partial charge in [0.05, 0.1) is 48.6 Å². The number of hydrogen-bond acceptors (Lipinski definition) is 9. The third-order valence-electron chi connectivity index (χ3n) is 7.93. The highest BCUT2D eigenvalue weighted by Gasteiger charge is 2.35. The molecule has 0 spiro atoms. The second kappa shape index (κ2) is 20.4. The normalized spacial score (nSPS) is 11.1. The molecule has 0 saturated heterocycles. The Morgan fingerprint density at radius 3 is 1.55 bits per heavy atom. The number of carbonyl (C=O) groups excluding carboxylic acids is 5. The molecule has 0 fully saturated rings. The Kier molecular flexibility index (Phi) is 16.4. The number of halogens is 6. The maximum absolute atomic E-state index is 14.6. The van der Waals surface area contributed by atoms with Gasteiger partial charge in [-0.15, -0.1) is 0 Å². The molecular weight excluding hydrogens is 771 g/mol. The van der Waals surface area contributed by atoms with Gasteiger partial charge >= 0.3 is 11.9 Å². The number of ether oxygens (including phenoxy) is 4. The zero-order valence-electron chi connectivity index (χ0n) is 30.3. The Bertz CT molecular complexity index is 2090. The van der Waals surface area contributed by atoms with E-state index in [1.807, 2.05) is 0 Å². The fraction of sp³-hybridized carbons (Fsp3) is 0.275. The Labute approximate surface area is 324 Å². The number of benzene rings is 4. The van der Waals surface area contributed by atoms with Crippen molar-refractivity contribution in [2.45, 2.75) is 40.0 Å². The van der Waals surface area contributed by atoms with Gasteiger partial charge in [-0.3, -0.25) is 24.0 Å². The fourth-order valence-electron chi connectivity index (χ4n) is 5.32. The molecule has 0 amide bonds. The van der Waals surface area contributed by atoms with Crippen LogP contribution in [-0.4, -0.2) is 56.7 Å². The Morgan fingerprint density at radius 2 is 1.11 bits per heavy atom. The first-order valence-electron chi connectivity index (χ1n) is 16.6. The highest BCUT2D eigenvalue weighted by molar-refractivity contribution is 6.31. The molecule has 0 aliphatic carbocycles. The van der Waals surface area contributed by atoms with E-state index in [0.29, 0.717) is 5.56 Å². The average molecular weight is 808 g/mol. The topological polar surface area (TPSA) is 122 Å². The lowest BCUT2D eigenvalue weighted by Gasteiger charge is -2.15. The SMILES string of the molecule is CCOC(=O)C(C(C)=O)C(=O)c1cc(Cc2cccc(Cl)c2F)c(OC)cc1F.CCOC(=O)CC(=O)c1cc(Cc2cccc(Cl)c2F)c(OC)cc1F. The first-order valence-corrected chi connectivity index (χ1v) is 17.3. The van der Waals surface area contributed by atoms with Gasteiger partial charge in [0.25, 0.3) is 0 Å². The van der Waals surface area contributed by atoms with E-state index in [9.17, 15) is 41.5 Å². The van der Waals surface area contributed by atoms with E-state index in [-0.39, 0.29) is 69.9 Å². The second-order valence-corrected chi connectivity index (χ2v) is 12.4. The van der Waals surface area contributed by atoms with Gasteiger partial charge in [-0.05, 0) is 67.3 Å². The lowest BCUT2D eigenvalue weighted by molar-refractivity contribution is -0.149. The molecule has 55 heavy (non-hydrogen) atoms. The van der Waals surface area contributed by atoms with Crippen LogP contribution in [0.4, 0.5) is 17.6 Å². The van der Waals surface area contributed by atoms with E-state index in [4.69, 9.17) is 42.1 Å². The molecule has 0 heterocycles. The number of hydrogen-bond donors (Lipinski definition) is 0. The second-order valence-electron chi connectivity index (χ2n) is 11.6. The number of esters is 2. The summed E-state index contributed by atoms with van der Waals surface area (Å²) < 4.78 is 76.9. The van der Waals surface area contributed by atoms with Crippen LogP contribution in [0.1, 0.15) is 70.2 Å². The van der Waals surface area contributed by atoms with Gasteiger partial charge in [-0.1, -0.05) is 47.5 Å². The van der Waals surface area contributed by atoms with Crippen LogP contribution < -0.4 is 9.47 Å². The van der Waals surface area contributed by atoms with Crippen LogP contribution in [0.3, 0.4) is 0 Å². The monoisotopic (exact) mass is 806 g/mol. The first kappa shape index (κ1) is 44.1. The lowest BCUT2D eigenvalue weighted by atomic mass is 9.91. The molecule has 4 aromatic rings. The zero-order chi connectivity index (χ0) is 41.0. The molecular formula is C40H36Cl2F4O9. The van der Waals surface area contributed by atoms with Gasteiger partial charge in [-0.25, -0.2) is 17.6 Å². The van der Waals surface area contributed by atoms with Crippen molar-refractivity contribution in [3.8, 4) is 11.5 Å². The first-order chi connectivity index (χ1) is 26.1. The molecule has 0 radical (unpaired) electrons. The minimum Gasteiger partial charge on any atom is -0.496 e. The predicted octanol–water partition coefficient (Wildman–Crippen LogP) is 8.52. The number of carbonyl (C=O) groups is 5. The van der Waals surface area contributed by atoms with Crippen molar-refractivity contribution in [2.75, 3.05) is 27.4 Å². The maximum Gasteiger partial charge on any atom is 0.324 e. The summed E-state index contributed by atoms with van der Waals surface area (Å²) in [5.74, 6) is -8.92. The Hall–Kier alpha value is -5.27. The van der Waals surface area contributed by atoms with E-state index in [0.717, 1.165) is 25.1 Å². The van der Waals surface area contributed by atoms with Gasteiger partial charge in [0.1, 0.15) is 41.2 Å². The fourth-order valence-corrected chi connectivity index (χ4v) is 5.70. The van der Waals surface area contributed by atoms with Gasteiger partial charge in [0.15, 0.2) is 23.3 Å². The number of rotatable bonds is 15. The van der Waals surface area contributed by atoms with Crippen molar-refractivity contribution < 1.29 is 60.5 Å². The molecule has 0 saturated carbocycles. The van der Waals surface area contributed by atoms with Crippen molar-refractivity contribution in [3.63, 3.8) is 0 Å². The van der Waals surface area contributed by atoms with E-state index in [1.165, 1.54) is 51.5 Å². The van der Waals surface area contributed by atoms with Crippen LogP contribution >= 0.6 is 23.2 Å². The van der Waals surface area contributed by atoms with Crippen LogP contribution in [-0.2, 0) is 36.7 Å². The summed E-state index contributed by atoms with van der Waals surface area (Å²) in [4.78, 5) is 60.3. The molecule has 4 rings (SSSR count). The highest BCUT2D eigenvalue weighted by Crippen LogP contribution is 2.31. The summed E-state index contributed by atoms with van der Waals surface area (Å²) in [6, 6.07) is 13.3. The summed E-state index contributed by atoms with van der Waals surface area (Å²) in [5, 5.41) is -0.124. The van der Waals surface area contributed by atoms with Crippen LogP contribution in [0, 0.1) is 29.2 Å². The van der Waals surface area contributed by atoms with Crippen molar-refractivity contribution >= 4 is 52.5 Å². The average Bonchev–Trinajstić information content (AvgIpc) is 3.13. The number of ketones is 3. The zero-order valence-corrected chi connectivity index (χ0v) is 31.8. The molecule has 0 aliphatic rings. The lowest BCUT2D eigenvalue weighted by Crippen LogP contribution is -2.32. The van der Waals surface area contributed by atoms with Crippen LogP contribution in [0.5, 0.6) is 11.5 Å². The van der Waals surface area contributed by atoms with E-state index < -0.39 is 70.5 Å². The molecule has 0 bridgehead atoms.